The van der Waals surface area contributed by atoms with E-state index in [9.17, 15) is 9.59 Å². The highest BCUT2D eigenvalue weighted by Crippen LogP contribution is 2.22. The molecule has 1 aromatic heterocycles. The minimum Gasteiger partial charge on any atom is -0.342 e. The van der Waals surface area contributed by atoms with Crippen molar-refractivity contribution < 1.29 is 9.59 Å². The number of aromatic nitrogens is 2. The van der Waals surface area contributed by atoms with Crippen molar-refractivity contribution in [3.63, 3.8) is 0 Å². The highest BCUT2D eigenvalue weighted by atomic mass is 16.2. The van der Waals surface area contributed by atoms with Crippen LogP contribution in [0, 0.1) is 6.92 Å². The number of nitrogens with zero attached hydrogens (tertiary/aromatic N) is 3. The van der Waals surface area contributed by atoms with Gasteiger partial charge in [0.15, 0.2) is 0 Å². The monoisotopic (exact) mass is 420 g/mol. The van der Waals surface area contributed by atoms with Crippen LogP contribution in [-0.2, 0) is 11.3 Å². The van der Waals surface area contributed by atoms with E-state index in [0.29, 0.717) is 11.4 Å². The normalized spacial score (nSPS) is 12.4. The molecule has 0 bridgehead atoms. The number of aryl methyl sites for hydroxylation is 1. The number of amides is 2. The summed E-state index contributed by atoms with van der Waals surface area (Å²) in [5.41, 5.74) is 3.33. The van der Waals surface area contributed by atoms with Gasteiger partial charge in [-0.15, -0.1) is 0 Å². The summed E-state index contributed by atoms with van der Waals surface area (Å²) in [6, 6.07) is 15.1. The molecule has 0 saturated heterocycles. The molecule has 0 spiro atoms. The summed E-state index contributed by atoms with van der Waals surface area (Å²) >= 11 is 0. The minimum absolute atomic E-state index is 0.0339. The summed E-state index contributed by atoms with van der Waals surface area (Å²) < 4.78 is 1.93. The Morgan fingerprint density at radius 2 is 1.68 bits per heavy atom. The lowest BCUT2D eigenvalue weighted by Gasteiger charge is -2.31. The molecule has 31 heavy (non-hydrogen) atoms. The van der Waals surface area contributed by atoms with Gasteiger partial charge in [-0.2, -0.15) is 0 Å². The molecule has 3 aromatic rings. The van der Waals surface area contributed by atoms with E-state index in [2.05, 4.69) is 5.32 Å². The fourth-order valence-electron chi connectivity index (χ4n) is 4.11. The average Bonchev–Trinajstić information content (AvgIpc) is 3.06. The molecule has 1 unspecified atom stereocenters. The predicted octanol–water partition coefficient (Wildman–Crippen LogP) is 4.48. The van der Waals surface area contributed by atoms with E-state index in [1.807, 2.05) is 93.5 Å². The Morgan fingerprint density at radius 3 is 2.32 bits per heavy atom. The van der Waals surface area contributed by atoms with Crippen LogP contribution in [0.3, 0.4) is 0 Å². The first-order chi connectivity index (χ1) is 14.7. The maximum Gasteiger partial charge on any atom is 0.251 e. The number of carbonyl (C=O) groups is 2. The first-order valence-electron chi connectivity index (χ1n) is 10.8. The lowest BCUT2D eigenvalue weighted by Crippen LogP contribution is -2.44. The molecule has 6 heteroatoms. The second-order valence-electron chi connectivity index (χ2n) is 8.60. The highest BCUT2D eigenvalue weighted by molar-refractivity contribution is 5.94. The van der Waals surface area contributed by atoms with Gasteiger partial charge >= 0.3 is 0 Å². The zero-order valence-corrected chi connectivity index (χ0v) is 19.2. The molecule has 0 aliphatic heterocycles. The quantitative estimate of drug-likeness (QED) is 0.613. The maximum atomic E-state index is 13.2. The van der Waals surface area contributed by atoms with Crippen LogP contribution in [0.4, 0.5) is 0 Å². The molecule has 0 aliphatic rings. The Balaban J connectivity index is 1.93. The summed E-state index contributed by atoms with van der Waals surface area (Å²) in [5, 5.41) is 3.04. The van der Waals surface area contributed by atoms with Crippen LogP contribution < -0.4 is 5.32 Å². The predicted molar refractivity (Wildman–Crippen MR) is 124 cm³/mol. The molecular formula is C25H32N4O2. The summed E-state index contributed by atoms with van der Waals surface area (Å²) in [6.07, 6.45) is 0. The Kier molecular flexibility index (Phi) is 6.78. The number of hydrogen-bond acceptors (Lipinski definition) is 3. The third-order valence-corrected chi connectivity index (χ3v) is 5.39. The van der Waals surface area contributed by atoms with Crippen molar-refractivity contribution in [2.24, 2.45) is 0 Å². The molecule has 0 radical (unpaired) electrons. The summed E-state index contributed by atoms with van der Waals surface area (Å²) in [4.78, 5) is 32.6. The van der Waals surface area contributed by atoms with Crippen molar-refractivity contribution in [1.29, 1.82) is 0 Å². The van der Waals surface area contributed by atoms with Crippen LogP contribution >= 0.6 is 0 Å². The number of imidazole rings is 1. The molecule has 3 rings (SSSR count). The standard InChI is InChI=1S/C25H32N4O2/c1-16(2)29(17(3)4)23(30)15-28-22-13-8-7-12-21(22)27-24(28)19(6)26-25(31)20-11-9-10-18(5)14-20/h7-14,16-17,19H,15H2,1-6H3,(H,26,31). The van der Waals surface area contributed by atoms with Crippen LogP contribution in [0.5, 0.6) is 0 Å². The van der Waals surface area contributed by atoms with Gasteiger partial charge in [0.05, 0.1) is 17.1 Å². The maximum absolute atomic E-state index is 13.2. The van der Waals surface area contributed by atoms with Gasteiger partial charge < -0.3 is 14.8 Å². The lowest BCUT2D eigenvalue weighted by molar-refractivity contribution is -0.135. The van der Waals surface area contributed by atoms with Crippen LogP contribution in [0.1, 0.15) is 62.4 Å². The van der Waals surface area contributed by atoms with Gasteiger partial charge in [-0.1, -0.05) is 29.8 Å². The van der Waals surface area contributed by atoms with Crippen molar-refractivity contribution in [2.45, 2.75) is 66.2 Å². The van der Waals surface area contributed by atoms with Crippen LogP contribution in [0.15, 0.2) is 48.5 Å². The van der Waals surface area contributed by atoms with Gasteiger partial charge in [0.1, 0.15) is 12.4 Å². The fraction of sp³-hybridized carbons (Fsp3) is 0.400. The van der Waals surface area contributed by atoms with Gasteiger partial charge in [0.25, 0.3) is 5.91 Å². The summed E-state index contributed by atoms with van der Waals surface area (Å²) in [5.74, 6) is 0.543. The Bertz CT molecular complexity index is 1080. The zero-order chi connectivity index (χ0) is 22.7. The first-order valence-corrected chi connectivity index (χ1v) is 10.8. The van der Waals surface area contributed by atoms with E-state index in [0.717, 1.165) is 16.6 Å². The van der Waals surface area contributed by atoms with E-state index < -0.39 is 0 Å². The van der Waals surface area contributed by atoms with Crippen molar-refractivity contribution in [3.05, 3.63) is 65.5 Å². The van der Waals surface area contributed by atoms with Crippen LogP contribution in [0.2, 0.25) is 0 Å². The number of fused-ring (bicyclic) bond motifs is 1. The third kappa shape index (κ3) is 4.95. The molecule has 1 atom stereocenters. The van der Waals surface area contributed by atoms with Gasteiger partial charge in [-0.25, -0.2) is 4.98 Å². The van der Waals surface area contributed by atoms with Crippen molar-refractivity contribution >= 4 is 22.8 Å². The second-order valence-corrected chi connectivity index (χ2v) is 8.60. The average molecular weight is 421 g/mol. The SMILES string of the molecule is Cc1cccc(C(=O)NC(C)c2nc3ccccc3n2CC(=O)N(C(C)C)C(C)C)c1. The van der Waals surface area contributed by atoms with Gasteiger partial charge in [-0.3, -0.25) is 9.59 Å². The molecule has 0 aliphatic carbocycles. The Hall–Kier alpha value is -3.15. The van der Waals surface area contributed by atoms with E-state index in [-0.39, 0.29) is 36.5 Å². The molecule has 2 aromatic carbocycles. The number of benzene rings is 2. The number of rotatable bonds is 7. The molecule has 0 fully saturated rings. The zero-order valence-electron chi connectivity index (χ0n) is 19.2. The second kappa shape index (κ2) is 9.33. The number of hydrogen-bond donors (Lipinski definition) is 1. The Morgan fingerprint density at radius 1 is 1.00 bits per heavy atom. The van der Waals surface area contributed by atoms with Gasteiger partial charge in [-0.05, 0) is 65.8 Å². The van der Waals surface area contributed by atoms with Crippen LogP contribution in [0.25, 0.3) is 11.0 Å². The largest absolute Gasteiger partial charge is 0.342 e. The number of para-hydroxylation sites is 2. The van der Waals surface area contributed by atoms with E-state index >= 15 is 0 Å². The number of nitrogens with one attached hydrogen (secondary N) is 1. The van der Waals surface area contributed by atoms with E-state index in [1.165, 1.54) is 0 Å². The van der Waals surface area contributed by atoms with Crippen LogP contribution in [-0.4, -0.2) is 38.3 Å². The molecule has 1 heterocycles. The van der Waals surface area contributed by atoms with Gasteiger partial charge in [0, 0.05) is 17.6 Å². The smallest absolute Gasteiger partial charge is 0.251 e. The Labute approximate surface area is 184 Å². The fourth-order valence-corrected chi connectivity index (χ4v) is 4.11. The van der Waals surface area contributed by atoms with Crippen molar-refractivity contribution in [3.8, 4) is 0 Å². The molecule has 0 saturated carbocycles. The van der Waals surface area contributed by atoms with Crippen molar-refractivity contribution in [1.82, 2.24) is 19.8 Å². The molecule has 6 nitrogen and oxygen atoms in total. The number of carbonyl (C=O) groups excluding carboxylic acids is 2. The summed E-state index contributed by atoms with van der Waals surface area (Å²) in [7, 11) is 0. The topological polar surface area (TPSA) is 67.2 Å². The molecule has 2 amide bonds. The van der Waals surface area contributed by atoms with Crippen molar-refractivity contribution in [2.75, 3.05) is 0 Å². The summed E-state index contributed by atoms with van der Waals surface area (Å²) in [6.45, 7) is 12.1. The molecule has 1 N–H and O–H groups in total. The third-order valence-electron chi connectivity index (χ3n) is 5.39. The minimum atomic E-state index is -0.361. The van der Waals surface area contributed by atoms with E-state index in [4.69, 9.17) is 4.98 Å². The lowest BCUT2D eigenvalue weighted by atomic mass is 10.1. The van der Waals surface area contributed by atoms with Gasteiger partial charge in [0.2, 0.25) is 5.91 Å². The first kappa shape index (κ1) is 22.5. The van der Waals surface area contributed by atoms with E-state index in [1.54, 1.807) is 6.07 Å². The highest BCUT2D eigenvalue weighted by Gasteiger charge is 2.25. The molecular weight excluding hydrogens is 388 g/mol. The molecule has 164 valence electrons.